The van der Waals surface area contributed by atoms with Crippen LogP contribution in [0.1, 0.15) is 13.8 Å². The molecule has 0 saturated carbocycles. The number of fused-ring (bicyclic) bond motifs is 1. The van der Waals surface area contributed by atoms with Crippen LogP contribution >= 0.6 is 24.8 Å². The fraction of sp³-hybridized carbons (Fsp3) is 0.833. The Morgan fingerprint density at radius 1 is 1.40 bits per heavy atom. The monoisotopic (exact) mass is 182 g/mol. The summed E-state index contributed by atoms with van der Waals surface area (Å²) in [5, 5.41) is 0. The van der Waals surface area contributed by atoms with Crippen LogP contribution in [0.15, 0.2) is 4.99 Å². The van der Waals surface area contributed by atoms with Crippen molar-refractivity contribution in [2.75, 3.05) is 13.2 Å². The lowest BCUT2D eigenvalue weighted by atomic mass is 9.81. The molecule has 1 fully saturated rings. The first-order valence-corrected chi connectivity index (χ1v) is 3.00. The van der Waals surface area contributed by atoms with E-state index in [1.165, 1.54) is 12.4 Å². The van der Waals surface area contributed by atoms with Crippen LogP contribution in [0.4, 0.5) is 0 Å². The number of nitrogens with zero attached hydrogens (tertiary/aromatic N) is 2. The van der Waals surface area contributed by atoms with Gasteiger partial charge in [-0.05, 0) is 0 Å². The first kappa shape index (κ1) is 10.0. The lowest BCUT2D eigenvalue weighted by molar-refractivity contribution is 0.177. The molecule has 10 heavy (non-hydrogen) atoms. The Hall–Kier alpha value is 0.0500. The van der Waals surface area contributed by atoms with Crippen LogP contribution in [-0.4, -0.2) is 23.9 Å². The second-order valence-electron chi connectivity index (χ2n) is 3.20. The molecule has 0 aromatic rings. The summed E-state index contributed by atoms with van der Waals surface area (Å²) in [7, 11) is 0. The van der Waals surface area contributed by atoms with Crippen molar-refractivity contribution in [3.8, 4) is 0 Å². The van der Waals surface area contributed by atoms with Crippen molar-refractivity contribution in [1.29, 1.82) is 0 Å². The molecule has 2 nitrogen and oxygen atoms in total. The molecule has 0 bridgehead atoms. The highest BCUT2D eigenvalue weighted by molar-refractivity contribution is 5.96. The van der Waals surface area contributed by atoms with E-state index >= 15 is 0 Å². The summed E-state index contributed by atoms with van der Waals surface area (Å²) in [6.07, 6.45) is 0. The minimum Gasteiger partial charge on any atom is -0.339 e. The summed E-state index contributed by atoms with van der Waals surface area (Å²) in [4.78, 5) is 6.54. The summed E-state index contributed by atoms with van der Waals surface area (Å²) >= 11 is 0. The highest BCUT2D eigenvalue weighted by Gasteiger charge is 2.45. The van der Waals surface area contributed by atoms with Crippen molar-refractivity contribution < 1.29 is 0 Å². The van der Waals surface area contributed by atoms with E-state index in [1.807, 2.05) is 0 Å². The normalized spacial score (nSPS) is 23.8. The zero-order valence-corrected chi connectivity index (χ0v) is 7.76. The van der Waals surface area contributed by atoms with Gasteiger partial charge in [-0.1, -0.05) is 13.8 Å². The second-order valence-corrected chi connectivity index (χ2v) is 3.20. The number of amidine groups is 1. The van der Waals surface area contributed by atoms with Crippen LogP contribution in [0.5, 0.6) is 0 Å². The third-order valence-electron chi connectivity index (χ3n) is 1.88. The van der Waals surface area contributed by atoms with Gasteiger partial charge in [0.1, 0.15) is 12.5 Å². The summed E-state index contributed by atoms with van der Waals surface area (Å²) in [5.74, 6) is 1.32. The Morgan fingerprint density at radius 3 is 2.00 bits per heavy atom. The minimum atomic E-state index is 0. The maximum absolute atomic E-state index is 4.23. The van der Waals surface area contributed by atoms with Gasteiger partial charge in [0.15, 0.2) is 0 Å². The number of halogens is 2. The predicted molar refractivity (Wildman–Crippen MR) is 47.3 cm³/mol. The lowest BCUT2D eigenvalue weighted by Crippen LogP contribution is -2.63. The van der Waals surface area contributed by atoms with Crippen LogP contribution in [0, 0.1) is 5.41 Å². The Kier molecular flexibility index (Phi) is 2.60. The molecule has 0 unspecified atom stereocenters. The average molecular weight is 183 g/mol. The molecule has 2 aliphatic rings. The van der Waals surface area contributed by atoms with Crippen molar-refractivity contribution in [3.63, 3.8) is 0 Å². The minimum absolute atomic E-state index is 0. The topological polar surface area (TPSA) is 15.6 Å². The zero-order valence-electron chi connectivity index (χ0n) is 6.13. The molecule has 0 aromatic carbocycles. The molecular formula is C6H12Cl2N2. The number of aliphatic imine (C=N–C) groups is 1. The molecule has 2 heterocycles. The first-order valence-electron chi connectivity index (χ1n) is 3.00. The molecule has 0 radical (unpaired) electrons. The summed E-state index contributed by atoms with van der Waals surface area (Å²) in [5.41, 5.74) is 0.415. The van der Waals surface area contributed by atoms with E-state index in [-0.39, 0.29) is 24.8 Å². The van der Waals surface area contributed by atoms with Crippen molar-refractivity contribution in [3.05, 3.63) is 0 Å². The van der Waals surface area contributed by atoms with Crippen LogP contribution in [-0.2, 0) is 0 Å². The molecule has 0 amide bonds. The summed E-state index contributed by atoms with van der Waals surface area (Å²) in [6, 6.07) is 0. The molecule has 2 rings (SSSR count). The van der Waals surface area contributed by atoms with E-state index in [4.69, 9.17) is 0 Å². The largest absolute Gasteiger partial charge is 0.339 e. The van der Waals surface area contributed by atoms with Gasteiger partial charge in [0, 0.05) is 12.0 Å². The van der Waals surface area contributed by atoms with Gasteiger partial charge in [-0.15, -0.1) is 24.8 Å². The maximum atomic E-state index is 4.23. The van der Waals surface area contributed by atoms with Crippen molar-refractivity contribution in [2.24, 2.45) is 10.4 Å². The molecule has 0 atom stereocenters. The van der Waals surface area contributed by atoms with E-state index < -0.39 is 0 Å². The van der Waals surface area contributed by atoms with Crippen LogP contribution in [0.3, 0.4) is 0 Å². The SMILES string of the molecule is CC1(C)CN2CN=C21.Cl.Cl. The molecule has 2 aliphatic heterocycles. The Bertz CT molecular complexity index is 165. The van der Waals surface area contributed by atoms with Gasteiger partial charge < -0.3 is 4.90 Å². The van der Waals surface area contributed by atoms with E-state index in [9.17, 15) is 0 Å². The van der Waals surface area contributed by atoms with Gasteiger partial charge in [0.25, 0.3) is 0 Å². The van der Waals surface area contributed by atoms with Gasteiger partial charge in [0.05, 0.1) is 0 Å². The van der Waals surface area contributed by atoms with Crippen LogP contribution < -0.4 is 0 Å². The highest BCUT2D eigenvalue weighted by Crippen LogP contribution is 2.36. The third-order valence-corrected chi connectivity index (χ3v) is 1.88. The first-order chi connectivity index (χ1) is 3.70. The Balaban J connectivity index is 0.000000405. The lowest BCUT2D eigenvalue weighted by Gasteiger charge is -2.53. The number of hydrogen-bond donors (Lipinski definition) is 0. The predicted octanol–water partition coefficient (Wildman–Crippen LogP) is 1.54. The molecule has 0 spiro atoms. The standard InChI is InChI=1S/C6H10N2.2ClH/c1-6(2)3-8-4-7-5(6)8;;/h3-4H2,1-2H3;2*1H. The van der Waals surface area contributed by atoms with Crippen molar-refractivity contribution >= 4 is 30.6 Å². The van der Waals surface area contributed by atoms with Crippen molar-refractivity contribution in [1.82, 2.24) is 4.90 Å². The van der Waals surface area contributed by atoms with E-state index in [0.29, 0.717) is 5.41 Å². The molecule has 0 N–H and O–H groups in total. The Labute approximate surface area is 73.5 Å². The zero-order chi connectivity index (χ0) is 5.78. The van der Waals surface area contributed by atoms with Gasteiger partial charge >= 0.3 is 0 Å². The molecule has 1 saturated heterocycles. The second kappa shape index (κ2) is 2.59. The van der Waals surface area contributed by atoms with E-state index in [1.54, 1.807) is 0 Å². The smallest absolute Gasteiger partial charge is 0.113 e. The quantitative estimate of drug-likeness (QED) is 0.556. The highest BCUT2D eigenvalue weighted by atomic mass is 35.5. The fourth-order valence-corrected chi connectivity index (χ4v) is 1.46. The van der Waals surface area contributed by atoms with Crippen molar-refractivity contribution in [2.45, 2.75) is 13.8 Å². The number of hydrogen-bond acceptors (Lipinski definition) is 2. The van der Waals surface area contributed by atoms with Gasteiger partial charge in [0.2, 0.25) is 0 Å². The van der Waals surface area contributed by atoms with E-state index in [2.05, 4.69) is 23.7 Å². The maximum Gasteiger partial charge on any atom is 0.113 e. The fourth-order valence-electron chi connectivity index (χ4n) is 1.46. The van der Waals surface area contributed by atoms with Crippen LogP contribution in [0.25, 0.3) is 0 Å². The molecule has 0 aliphatic carbocycles. The van der Waals surface area contributed by atoms with Gasteiger partial charge in [-0.25, -0.2) is 0 Å². The molecule has 4 heteroatoms. The number of rotatable bonds is 0. The van der Waals surface area contributed by atoms with E-state index in [0.717, 1.165) is 6.67 Å². The van der Waals surface area contributed by atoms with Gasteiger partial charge in [-0.2, -0.15) is 0 Å². The molecular weight excluding hydrogens is 171 g/mol. The van der Waals surface area contributed by atoms with Gasteiger partial charge in [-0.3, -0.25) is 4.99 Å². The molecule has 60 valence electrons. The summed E-state index contributed by atoms with van der Waals surface area (Å²) in [6.45, 7) is 6.65. The Morgan fingerprint density at radius 2 is 2.00 bits per heavy atom. The third kappa shape index (κ3) is 0.995. The molecule has 0 aromatic heterocycles. The average Bonchev–Trinajstić information content (AvgIpc) is 1.57. The van der Waals surface area contributed by atoms with Crippen LogP contribution in [0.2, 0.25) is 0 Å². The summed E-state index contributed by atoms with van der Waals surface area (Å²) < 4.78 is 0.